The van der Waals surface area contributed by atoms with Gasteiger partial charge in [0.2, 0.25) is 0 Å². The van der Waals surface area contributed by atoms with Crippen molar-refractivity contribution in [3.8, 4) is 5.75 Å². The predicted molar refractivity (Wildman–Crippen MR) is 62.2 cm³/mol. The molecule has 3 heteroatoms. The molecule has 0 saturated carbocycles. The van der Waals surface area contributed by atoms with E-state index in [9.17, 15) is 9.90 Å². The molecule has 0 spiro atoms. The van der Waals surface area contributed by atoms with Crippen molar-refractivity contribution in [2.75, 3.05) is 0 Å². The Morgan fingerprint density at radius 1 is 1.38 bits per heavy atom. The predicted octanol–water partition coefficient (Wildman–Crippen LogP) is 2.39. The fraction of sp³-hybridized carbons (Fsp3) is 0.462. The van der Waals surface area contributed by atoms with Gasteiger partial charge in [-0.1, -0.05) is 31.5 Å². The summed E-state index contributed by atoms with van der Waals surface area (Å²) in [5, 5.41) is 9.67. The molecule has 0 heterocycles. The van der Waals surface area contributed by atoms with Crippen LogP contribution in [0.25, 0.3) is 0 Å². The van der Waals surface area contributed by atoms with Gasteiger partial charge >= 0.3 is 5.97 Å². The van der Waals surface area contributed by atoms with Crippen LogP contribution in [-0.2, 0) is 4.79 Å². The van der Waals surface area contributed by atoms with Gasteiger partial charge in [-0.15, -0.1) is 0 Å². The second-order valence-corrected chi connectivity index (χ2v) is 3.88. The first-order valence-corrected chi connectivity index (χ1v) is 5.60. The average Bonchev–Trinajstić information content (AvgIpc) is 2.29. The van der Waals surface area contributed by atoms with Crippen molar-refractivity contribution < 1.29 is 14.6 Å². The van der Waals surface area contributed by atoms with Gasteiger partial charge in [0.1, 0.15) is 5.75 Å². The highest BCUT2D eigenvalue weighted by molar-refractivity contribution is 5.75. The van der Waals surface area contributed by atoms with Gasteiger partial charge in [-0.05, 0) is 25.5 Å². The minimum atomic E-state index is -0.624. The first-order valence-electron chi connectivity index (χ1n) is 5.60. The molecule has 1 N–H and O–H groups in total. The van der Waals surface area contributed by atoms with Crippen LogP contribution in [0.2, 0.25) is 0 Å². The van der Waals surface area contributed by atoms with Crippen molar-refractivity contribution in [2.45, 2.75) is 32.8 Å². The molecular weight excluding hydrogens is 204 g/mol. The SMILES string of the molecule is CCC[C@@H](O)[C@H](C)C(=O)Oc1ccccc1. The van der Waals surface area contributed by atoms with Gasteiger partial charge in [0.25, 0.3) is 0 Å². The monoisotopic (exact) mass is 222 g/mol. The molecule has 88 valence electrons. The molecule has 0 amide bonds. The zero-order valence-corrected chi connectivity index (χ0v) is 9.72. The molecule has 0 radical (unpaired) electrons. The van der Waals surface area contributed by atoms with Gasteiger partial charge in [0.05, 0.1) is 12.0 Å². The summed E-state index contributed by atoms with van der Waals surface area (Å²) in [5.74, 6) is -0.352. The Labute approximate surface area is 96.1 Å². The summed E-state index contributed by atoms with van der Waals surface area (Å²) >= 11 is 0. The number of carbonyl (C=O) groups is 1. The lowest BCUT2D eigenvalue weighted by atomic mass is 10.0. The van der Waals surface area contributed by atoms with E-state index < -0.39 is 12.0 Å². The van der Waals surface area contributed by atoms with E-state index >= 15 is 0 Å². The Hall–Kier alpha value is -1.35. The summed E-state index contributed by atoms with van der Waals surface area (Å²) in [7, 11) is 0. The van der Waals surface area contributed by atoms with E-state index in [1.807, 2.05) is 13.0 Å². The van der Waals surface area contributed by atoms with Gasteiger partial charge in [-0.25, -0.2) is 0 Å². The van der Waals surface area contributed by atoms with E-state index in [-0.39, 0.29) is 5.97 Å². The molecule has 1 aromatic carbocycles. The van der Waals surface area contributed by atoms with Crippen LogP contribution in [0.1, 0.15) is 26.7 Å². The van der Waals surface area contributed by atoms with E-state index in [1.54, 1.807) is 31.2 Å². The summed E-state index contributed by atoms with van der Waals surface area (Å²) in [6.45, 7) is 3.66. The molecule has 0 fully saturated rings. The molecule has 0 aliphatic heterocycles. The summed E-state index contributed by atoms with van der Waals surface area (Å²) in [4.78, 5) is 11.6. The molecule has 1 rings (SSSR count). The summed E-state index contributed by atoms with van der Waals surface area (Å²) in [6.07, 6.45) is 0.844. The molecule has 0 bridgehead atoms. The molecule has 1 aromatic rings. The third-order valence-electron chi connectivity index (χ3n) is 2.50. The number of ether oxygens (including phenoxy) is 1. The second-order valence-electron chi connectivity index (χ2n) is 3.88. The van der Waals surface area contributed by atoms with Crippen LogP contribution >= 0.6 is 0 Å². The summed E-state index contributed by atoms with van der Waals surface area (Å²) < 4.78 is 5.14. The van der Waals surface area contributed by atoms with Crippen molar-refractivity contribution in [2.24, 2.45) is 5.92 Å². The molecule has 0 saturated heterocycles. The average molecular weight is 222 g/mol. The van der Waals surface area contributed by atoms with Crippen molar-refractivity contribution in [3.63, 3.8) is 0 Å². The normalized spacial score (nSPS) is 14.2. The van der Waals surface area contributed by atoms with E-state index in [0.29, 0.717) is 12.2 Å². The van der Waals surface area contributed by atoms with Crippen molar-refractivity contribution in [1.82, 2.24) is 0 Å². The number of carbonyl (C=O) groups excluding carboxylic acids is 1. The molecule has 2 atom stereocenters. The number of aliphatic hydroxyl groups is 1. The molecule has 3 nitrogen and oxygen atoms in total. The standard InChI is InChI=1S/C13H18O3/c1-3-7-12(14)10(2)13(15)16-11-8-5-4-6-9-11/h4-6,8-10,12,14H,3,7H2,1-2H3/t10-,12+/m0/s1. The summed E-state index contributed by atoms with van der Waals surface area (Å²) in [5.41, 5.74) is 0. The maximum absolute atomic E-state index is 11.6. The minimum Gasteiger partial charge on any atom is -0.426 e. The lowest BCUT2D eigenvalue weighted by molar-refractivity contribution is -0.142. The highest BCUT2D eigenvalue weighted by Gasteiger charge is 2.23. The lowest BCUT2D eigenvalue weighted by Crippen LogP contribution is -2.29. The largest absolute Gasteiger partial charge is 0.426 e. The Kier molecular flexibility index (Phi) is 4.99. The smallest absolute Gasteiger partial charge is 0.316 e. The van der Waals surface area contributed by atoms with Gasteiger partial charge in [0, 0.05) is 0 Å². The minimum absolute atomic E-state index is 0.382. The first-order chi connectivity index (χ1) is 7.65. The number of hydrogen-bond donors (Lipinski definition) is 1. The maximum Gasteiger partial charge on any atom is 0.316 e. The van der Waals surface area contributed by atoms with Crippen LogP contribution in [0.3, 0.4) is 0 Å². The van der Waals surface area contributed by atoms with E-state index in [4.69, 9.17) is 4.74 Å². The van der Waals surface area contributed by atoms with Gasteiger partial charge in [-0.3, -0.25) is 4.79 Å². The highest BCUT2D eigenvalue weighted by atomic mass is 16.5. The zero-order chi connectivity index (χ0) is 12.0. The fourth-order valence-electron chi connectivity index (χ4n) is 1.40. The van der Waals surface area contributed by atoms with Crippen molar-refractivity contribution in [3.05, 3.63) is 30.3 Å². The van der Waals surface area contributed by atoms with Gasteiger partial charge in [-0.2, -0.15) is 0 Å². The number of rotatable bonds is 5. The lowest BCUT2D eigenvalue weighted by Gasteiger charge is -2.16. The van der Waals surface area contributed by atoms with Crippen molar-refractivity contribution >= 4 is 5.97 Å². The number of hydrogen-bond acceptors (Lipinski definition) is 3. The third kappa shape index (κ3) is 3.66. The molecule has 0 unspecified atom stereocenters. The second kappa shape index (κ2) is 6.28. The topological polar surface area (TPSA) is 46.5 Å². The third-order valence-corrected chi connectivity index (χ3v) is 2.50. The molecular formula is C13H18O3. The van der Waals surface area contributed by atoms with Crippen LogP contribution in [0.4, 0.5) is 0 Å². The maximum atomic E-state index is 11.6. The Morgan fingerprint density at radius 2 is 2.00 bits per heavy atom. The van der Waals surface area contributed by atoms with Crippen LogP contribution in [-0.4, -0.2) is 17.2 Å². The van der Waals surface area contributed by atoms with Crippen LogP contribution in [0, 0.1) is 5.92 Å². The van der Waals surface area contributed by atoms with Crippen LogP contribution in [0.5, 0.6) is 5.75 Å². The Balaban J connectivity index is 2.52. The molecule has 0 aliphatic carbocycles. The van der Waals surface area contributed by atoms with Gasteiger partial charge in [0.15, 0.2) is 0 Å². The molecule has 0 aliphatic rings. The molecule has 0 aromatic heterocycles. The Morgan fingerprint density at radius 3 is 2.56 bits per heavy atom. The van der Waals surface area contributed by atoms with E-state index in [1.165, 1.54) is 0 Å². The van der Waals surface area contributed by atoms with Gasteiger partial charge < -0.3 is 9.84 Å². The molecule has 16 heavy (non-hydrogen) atoms. The van der Waals surface area contributed by atoms with Crippen LogP contribution in [0.15, 0.2) is 30.3 Å². The highest BCUT2D eigenvalue weighted by Crippen LogP contribution is 2.15. The fourth-order valence-corrected chi connectivity index (χ4v) is 1.40. The Bertz CT molecular complexity index is 321. The summed E-state index contributed by atoms with van der Waals surface area (Å²) in [6, 6.07) is 8.89. The number of esters is 1. The first kappa shape index (κ1) is 12.7. The number of para-hydroxylation sites is 1. The number of aliphatic hydroxyl groups excluding tert-OH is 1. The van der Waals surface area contributed by atoms with E-state index in [2.05, 4.69) is 0 Å². The van der Waals surface area contributed by atoms with E-state index in [0.717, 1.165) is 6.42 Å². The van der Waals surface area contributed by atoms with Crippen LogP contribution < -0.4 is 4.74 Å². The van der Waals surface area contributed by atoms with Crippen molar-refractivity contribution in [1.29, 1.82) is 0 Å². The number of benzene rings is 1. The quantitative estimate of drug-likeness (QED) is 0.614. The zero-order valence-electron chi connectivity index (χ0n) is 9.72.